The number of benzene rings is 1. The number of aliphatic hydroxyl groups is 1. The number of quaternary nitrogens is 1. The summed E-state index contributed by atoms with van der Waals surface area (Å²) in [7, 11) is -0.416. The number of aliphatic hydroxyl groups excluding tert-OH is 1. The first-order valence-electron chi connectivity index (χ1n) is 11.6. The van der Waals surface area contributed by atoms with Crippen molar-refractivity contribution < 1.29 is 22.6 Å². The van der Waals surface area contributed by atoms with E-state index < -0.39 is 22.0 Å². The van der Waals surface area contributed by atoms with E-state index >= 15 is 0 Å². The maximum absolute atomic E-state index is 11.0. The average molecular weight is 442 g/mol. The van der Waals surface area contributed by atoms with Crippen LogP contribution in [0.15, 0.2) is 30.3 Å². The second kappa shape index (κ2) is 14.2. The average Bonchev–Trinajstić information content (AvgIpc) is 2.64. The Morgan fingerprint density at radius 2 is 1.40 bits per heavy atom. The lowest BCUT2D eigenvalue weighted by atomic mass is 9.96. The predicted molar refractivity (Wildman–Crippen MR) is 123 cm³/mol. The van der Waals surface area contributed by atoms with Gasteiger partial charge in [-0.05, 0) is 6.42 Å². The fourth-order valence-corrected chi connectivity index (χ4v) is 4.96. The summed E-state index contributed by atoms with van der Waals surface area (Å²) in [6.07, 6.45) is 12.7. The molecule has 1 aromatic rings. The lowest BCUT2D eigenvalue weighted by Gasteiger charge is -2.40. The minimum atomic E-state index is -4.43. The second-order valence-electron chi connectivity index (χ2n) is 9.24. The molecule has 2 atom stereocenters. The van der Waals surface area contributed by atoms with Crippen molar-refractivity contribution in [2.75, 3.05) is 26.4 Å². The van der Waals surface area contributed by atoms with Crippen LogP contribution in [0, 0.1) is 0 Å². The number of likely N-dealkylation sites (N-methyl/N-ethyl adjacent to an activating group) is 1. The van der Waals surface area contributed by atoms with E-state index in [2.05, 4.69) is 19.1 Å². The van der Waals surface area contributed by atoms with Gasteiger partial charge in [0.05, 0.1) is 30.0 Å². The molecule has 5 nitrogen and oxygen atoms in total. The fraction of sp³-hybridized carbons (Fsp3) is 0.750. The van der Waals surface area contributed by atoms with E-state index in [0.717, 1.165) is 12.8 Å². The highest BCUT2D eigenvalue weighted by atomic mass is 32.2. The number of hydrogen-bond acceptors (Lipinski definition) is 4. The molecule has 2 unspecified atom stereocenters. The van der Waals surface area contributed by atoms with E-state index in [0.29, 0.717) is 4.48 Å². The summed E-state index contributed by atoms with van der Waals surface area (Å²) in [5, 5.41) is 10.2. The standard InChI is InChI=1S/C24H43NO4S/c1-4-5-6-7-8-9-10-11-12-16-19-24(22-17-14-13-15-18-22)25(2,3)20-23(26)21-30(27,28)29/h13-15,17-18,23-24,26H,4-12,16,19-21H2,1-3H3. The molecule has 0 fully saturated rings. The summed E-state index contributed by atoms with van der Waals surface area (Å²) in [5.74, 6) is -0.728. The minimum absolute atomic E-state index is 0.157. The Labute approximate surface area is 184 Å². The van der Waals surface area contributed by atoms with Gasteiger partial charge in [-0.2, -0.15) is 0 Å². The first kappa shape index (κ1) is 27.1. The van der Waals surface area contributed by atoms with Crippen molar-refractivity contribution in [3.05, 3.63) is 35.9 Å². The van der Waals surface area contributed by atoms with Crippen LogP contribution in [0.2, 0.25) is 0 Å². The van der Waals surface area contributed by atoms with Crippen LogP contribution in [-0.2, 0) is 10.1 Å². The third kappa shape index (κ3) is 12.0. The molecule has 0 bridgehead atoms. The largest absolute Gasteiger partial charge is 0.748 e. The number of rotatable bonds is 17. The van der Waals surface area contributed by atoms with Crippen LogP contribution in [0.3, 0.4) is 0 Å². The number of nitrogens with zero attached hydrogens (tertiary/aromatic N) is 1. The van der Waals surface area contributed by atoms with Crippen LogP contribution >= 0.6 is 0 Å². The van der Waals surface area contributed by atoms with Gasteiger partial charge in [-0.25, -0.2) is 8.42 Å². The first-order chi connectivity index (χ1) is 14.2. The highest BCUT2D eigenvalue weighted by Crippen LogP contribution is 2.31. The molecule has 30 heavy (non-hydrogen) atoms. The molecular weight excluding hydrogens is 398 g/mol. The van der Waals surface area contributed by atoms with Crippen LogP contribution < -0.4 is 0 Å². The molecule has 1 aromatic carbocycles. The van der Waals surface area contributed by atoms with Crippen LogP contribution in [0.25, 0.3) is 0 Å². The quantitative estimate of drug-likeness (QED) is 0.209. The van der Waals surface area contributed by atoms with Crippen molar-refractivity contribution in [2.24, 2.45) is 0 Å². The van der Waals surface area contributed by atoms with Crippen LogP contribution in [0.5, 0.6) is 0 Å². The fourth-order valence-electron chi connectivity index (χ4n) is 4.38. The molecule has 0 heterocycles. The molecule has 174 valence electrons. The minimum Gasteiger partial charge on any atom is -0.748 e. The smallest absolute Gasteiger partial charge is 0.116 e. The van der Waals surface area contributed by atoms with E-state index in [1.165, 1.54) is 63.4 Å². The highest BCUT2D eigenvalue weighted by Gasteiger charge is 2.32. The molecule has 0 saturated carbocycles. The Hall–Kier alpha value is -0.950. The van der Waals surface area contributed by atoms with Gasteiger partial charge in [-0.1, -0.05) is 95.0 Å². The van der Waals surface area contributed by atoms with Gasteiger partial charge in [0.1, 0.15) is 18.7 Å². The monoisotopic (exact) mass is 441 g/mol. The van der Waals surface area contributed by atoms with E-state index in [1.807, 2.05) is 32.3 Å². The molecule has 6 heteroatoms. The zero-order valence-electron chi connectivity index (χ0n) is 19.3. The molecule has 0 aliphatic rings. The lowest BCUT2D eigenvalue weighted by molar-refractivity contribution is -0.924. The Kier molecular flexibility index (Phi) is 12.8. The Morgan fingerprint density at radius 3 is 1.90 bits per heavy atom. The van der Waals surface area contributed by atoms with Crippen molar-refractivity contribution in [2.45, 2.75) is 89.7 Å². The van der Waals surface area contributed by atoms with Gasteiger partial charge in [-0.15, -0.1) is 0 Å². The van der Waals surface area contributed by atoms with E-state index in [4.69, 9.17) is 0 Å². The van der Waals surface area contributed by atoms with E-state index in [1.54, 1.807) is 0 Å². The van der Waals surface area contributed by atoms with Gasteiger partial charge in [0.25, 0.3) is 0 Å². The van der Waals surface area contributed by atoms with Crippen LogP contribution in [0.1, 0.15) is 89.2 Å². The number of unbranched alkanes of at least 4 members (excludes halogenated alkanes) is 9. The summed E-state index contributed by atoms with van der Waals surface area (Å²) < 4.78 is 33.5. The molecule has 0 aliphatic heterocycles. The van der Waals surface area contributed by atoms with Crippen LogP contribution in [0.4, 0.5) is 0 Å². The maximum atomic E-state index is 11.0. The van der Waals surface area contributed by atoms with Crippen molar-refractivity contribution in [3.63, 3.8) is 0 Å². The van der Waals surface area contributed by atoms with E-state index in [-0.39, 0.29) is 12.6 Å². The summed E-state index contributed by atoms with van der Waals surface area (Å²) in [6.45, 7) is 2.48. The van der Waals surface area contributed by atoms with Crippen LogP contribution in [-0.4, -0.2) is 55.1 Å². The first-order valence-corrected chi connectivity index (χ1v) is 13.2. The molecule has 0 aromatic heterocycles. The third-order valence-electron chi connectivity index (χ3n) is 5.94. The SMILES string of the molecule is CCCCCCCCCCCCC(c1ccccc1)[N+](C)(C)CC(O)CS(=O)(=O)[O-]. The van der Waals surface area contributed by atoms with Crippen molar-refractivity contribution in [3.8, 4) is 0 Å². The van der Waals surface area contributed by atoms with Gasteiger partial charge < -0.3 is 14.1 Å². The molecule has 1 rings (SSSR count). The summed E-state index contributed by atoms with van der Waals surface area (Å²) in [5.41, 5.74) is 1.19. The van der Waals surface area contributed by atoms with E-state index in [9.17, 15) is 18.1 Å². The summed E-state index contributed by atoms with van der Waals surface area (Å²) in [4.78, 5) is 0. The Balaban J connectivity index is 2.53. The highest BCUT2D eigenvalue weighted by molar-refractivity contribution is 7.85. The molecule has 0 spiro atoms. The van der Waals surface area contributed by atoms with Gasteiger partial charge in [0, 0.05) is 12.0 Å². The summed E-state index contributed by atoms with van der Waals surface area (Å²) >= 11 is 0. The van der Waals surface area contributed by atoms with Gasteiger partial charge >= 0.3 is 0 Å². The molecule has 1 N–H and O–H groups in total. The number of hydrogen-bond donors (Lipinski definition) is 1. The van der Waals surface area contributed by atoms with Crippen molar-refractivity contribution in [1.29, 1.82) is 0 Å². The Morgan fingerprint density at radius 1 is 0.900 bits per heavy atom. The zero-order valence-corrected chi connectivity index (χ0v) is 20.1. The zero-order chi connectivity index (χ0) is 22.5. The maximum Gasteiger partial charge on any atom is 0.116 e. The molecule has 0 saturated heterocycles. The normalized spacial score (nSPS) is 14.6. The van der Waals surface area contributed by atoms with Crippen molar-refractivity contribution >= 4 is 10.1 Å². The lowest BCUT2D eigenvalue weighted by Crippen LogP contribution is -2.49. The van der Waals surface area contributed by atoms with Gasteiger partial charge in [0.2, 0.25) is 0 Å². The molecular formula is C24H43NO4S. The van der Waals surface area contributed by atoms with Gasteiger partial charge in [0.15, 0.2) is 0 Å². The van der Waals surface area contributed by atoms with Crippen molar-refractivity contribution in [1.82, 2.24) is 0 Å². The Bertz CT molecular complexity index is 661. The third-order valence-corrected chi connectivity index (χ3v) is 6.73. The molecule has 0 amide bonds. The summed E-state index contributed by atoms with van der Waals surface area (Å²) in [6, 6.07) is 10.4. The molecule has 0 aliphatic carbocycles. The topological polar surface area (TPSA) is 77.4 Å². The van der Waals surface area contributed by atoms with Gasteiger partial charge in [-0.3, -0.25) is 0 Å². The molecule has 0 radical (unpaired) electrons. The second-order valence-corrected chi connectivity index (χ2v) is 10.7. The predicted octanol–water partition coefficient (Wildman–Crippen LogP) is 5.02.